The molecule has 0 unspecified atom stereocenters. The first-order chi connectivity index (χ1) is 21.5. The number of nitro groups is 2. The van der Waals surface area contributed by atoms with Crippen molar-refractivity contribution in [3.63, 3.8) is 0 Å². The summed E-state index contributed by atoms with van der Waals surface area (Å²) in [6.45, 7) is 0. The number of allylic oxidation sites excluding steroid dienone is 4. The first-order valence-corrected chi connectivity index (χ1v) is 13.7. The van der Waals surface area contributed by atoms with Crippen LogP contribution in [0.3, 0.4) is 0 Å². The molecule has 0 fully saturated rings. The number of aromatic nitrogens is 2. The van der Waals surface area contributed by atoms with Gasteiger partial charge >= 0.3 is 0 Å². The smallest absolute Gasteiger partial charge is 0.258 e. The minimum absolute atomic E-state index is 0.0226. The molecule has 0 aliphatic carbocycles. The molecule has 214 valence electrons. The van der Waals surface area contributed by atoms with Crippen LogP contribution in [0, 0.1) is 20.2 Å². The minimum Gasteiger partial charge on any atom is -0.258 e. The third-order valence-corrected chi connectivity index (χ3v) is 6.64. The Balaban J connectivity index is 1.65. The normalized spacial score (nSPS) is 11.6. The van der Waals surface area contributed by atoms with Crippen molar-refractivity contribution < 1.29 is 9.85 Å². The van der Waals surface area contributed by atoms with Gasteiger partial charge in [-0.2, -0.15) is 0 Å². The average molecular weight is 579 g/mol. The summed E-state index contributed by atoms with van der Waals surface area (Å²) in [6, 6.07) is 28.1. The molecule has 8 heteroatoms. The zero-order valence-electron chi connectivity index (χ0n) is 23.4. The van der Waals surface area contributed by atoms with Crippen LogP contribution in [0.25, 0.3) is 46.6 Å². The summed E-state index contributed by atoms with van der Waals surface area (Å²) in [5.41, 5.74) is 5.96. The van der Waals surface area contributed by atoms with Gasteiger partial charge < -0.3 is 0 Å². The van der Waals surface area contributed by atoms with Gasteiger partial charge in [-0.25, -0.2) is 0 Å². The van der Waals surface area contributed by atoms with E-state index in [1.54, 1.807) is 24.5 Å². The minimum atomic E-state index is -0.421. The molecule has 5 aromatic rings. The van der Waals surface area contributed by atoms with Crippen molar-refractivity contribution in [3.05, 3.63) is 177 Å². The molecular weight excluding hydrogens is 552 g/mol. The van der Waals surface area contributed by atoms with Gasteiger partial charge in [0.1, 0.15) is 0 Å². The number of benzene rings is 3. The largest absolute Gasteiger partial charge is 0.270 e. The molecule has 0 spiro atoms. The molecule has 0 aliphatic rings. The number of pyridine rings is 2. The Hall–Kier alpha value is -6.28. The van der Waals surface area contributed by atoms with Gasteiger partial charge in [-0.3, -0.25) is 30.2 Å². The lowest BCUT2D eigenvalue weighted by molar-refractivity contribution is -0.385. The Labute approximate surface area is 254 Å². The number of hydrogen-bond donors (Lipinski definition) is 0. The van der Waals surface area contributed by atoms with Crippen LogP contribution in [0.15, 0.2) is 134 Å². The standard InChI is InChI=1S/C36H26N4O4/c41-39(42)33-19-9-13-27(23-33)35-26-30(12-2-4-16-32-18-6-8-22-38-32)36(28-14-10-20-34(24-28)40(43)44)25-29(35)11-1-3-15-31-17-5-7-21-37-31/h1-26H/b11-1+,12-2+,15-3+,16-4+. The summed E-state index contributed by atoms with van der Waals surface area (Å²) in [5, 5.41) is 23.2. The second kappa shape index (κ2) is 14.1. The highest BCUT2D eigenvalue weighted by Crippen LogP contribution is 2.36. The van der Waals surface area contributed by atoms with E-state index in [4.69, 9.17) is 0 Å². The van der Waals surface area contributed by atoms with Gasteiger partial charge in [0.2, 0.25) is 0 Å². The van der Waals surface area contributed by atoms with Gasteiger partial charge in [-0.15, -0.1) is 0 Å². The zero-order valence-corrected chi connectivity index (χ0v) is 23.4. The molecule has 0 bridgehead atoms. The topological polar surface area (TPSA) is 112 Å². The van der Waals surface area contributed by atoms with Gasteiger partial charge in [-0.05, 0) is 81.9 Å². The summed E-state index contributed by atoms with van der Waals surface area (Å²) >= 11 is 0. The zero-order chi connectivity index (χ0) is 30.7. The van der Waals surface area contributed by atoms with E-state index in [9.17, 15) is 20.2 Å². The molecular formula is C36H26N4O4. The first kappa shape index (κ1) is 29.2. The molecule has 0 amide bonds. The lowest BCUT2D eigenvalue weighted by Crippen LogP contribution is -1.94. The van der Waals surface area contributed by atoms with E-state index in [1.165, 1.54) is 24.3 Å². The van der Waals surface area contributed by atoms with Crippen LogP contribution in [0.5, 0.6) is 0 Å². The van der Waals surface area contributed by atoms with Crippen molar-refractivity contribution in [2.45, 2.75) is 0 Å². The monoisotopic (exact) mass is 578 g/mol. The van der Waals surface area contributed by atoms with Gasteiger partial charge in [-0.1, -0.05) is 72.9 Å². The predicted octanol–water partition coefficient (Wildman–Crippen LogP) is 9.08. The summed E-state index contributed by atoms with van der Waals surface area (Å²) in [6.07, 6.45) is 18.4. The molecule has 0 N–H and O–H groups in total. The molecule has 0 saturated carbocycles. The van der Waals surface area contributed by atoms with Crippen LogP contribution in [0.2, 0.25) is 0 Å². The highest BCUT2D eigenvalue weighted by molar-refractivity contribution is 5.87. The molecule has 2 aromatic heterocycles. The SMILES string of the molecule is O=[N+]([O-])c1cccc(-c2cc(/C=C/C=C/c3ccccn3)c(-c3cccc([N+](=O)[O-])c3)cc2/C=C/C=C/c2ccccn2)c1. The summed E-state index contributed by atoms with van der Waals surface area (Å²) < 4.78 is 0. The molecule has 0 saturated heterocycles. The second-order valence-corrected chi connectivity index (χ2v) is 9.59. The van der Waals surface area contributed by atoms with Crippen molar-refractivity contribution in [2.75, 3.05) is 0 Å². The van der Waals surface area contributed by atoms with E-state index in [1.807, 2.05) is 109 Å². The molecule has 44 heavy (non-hydrogen) atoms. The fourth-order valence-corrected chi connectivity index (χ4v) is 4.56. The number of nitro benzene ring substituents is 2. The van der Waals surface area contributed by atoms with Crippen molar-refractivity contribution in [2.24, 2.45) is 0 Å². The van der Waals surface area contributed by atoms with Crippen molar-refractivity contribution in [1.82, 2.24) is 9.97 Å². The Morgan fingerprint density at radius 1 is 0.500 bits per heavy atom. The summed E-state index contributed by atoms with van der Waals surface area (Å²) in [4.78, 5) is 31.0. The molecule has 0 aliphatic heterocycles. The highest BCUT2D eigenvalue weighted by Gasteiger charge is 2.15. The summed E-state index contributed by atoms with van der Waals surface area (Å²) in [7, 11) is 0. The lowest BCUT2D eigenvalue weighted by atomic mass is 9.90. The molecule has 0 radical (unpaired) electrons. The van der Waals surface area contributed by atoms with E-state index in [0.717, 1.165) is 33.6 Å². The molecule has 5 rings (SSSR count). The van der Waals surface area contributed by atoms with Gasteiger partial charge in [0.25, 0.3) is 11.4 Å². The number of nitrogens with zero attached hydrogens (tertiary/aromatic N) is 4. The lowest BCUT2D eigenvalue weighted by Gasteiger charge is -2.14. The first-order valence-electron chi connectivity index (χ1n) is 13.7. The second-order valence-electron chi connectivity index (χ2n) is 9.59. The Morgan fingerprint density at radius 3 is 1.32 bits per heavy atom. The summed E-state index contributed by atoms with van der Waals surface area (Å²) in [5.74, 6) is 0. The number of non-ortho nitro benzene ring substituents is 2. The average Bonchev–Trinajstić information content (AvgIpc) is 3.06. The van der Waals surface area contributed by atoms with Crippen LogP contribution in [-0.2, 0) is 0 Å². The van der Waals surface area contributed by atoms with E-state index < -0.39 is 9.85 Å². The maximum atomic E-state index is 11.6. The van der Waals surface area contributed by atoms with Crippen LogP contribution >= 0.6 is 0 Å². The fourth-order valence-electron chi connectivity index (χ4n) is 4.56. The van der Waals surface area contributed by atoms with E-state index in [2.05, 4.69) is 9.97 Å². The van der Waals surface area contributed by atoms with E-state index in [-0.39, 0.29) is 11.4 Å². The van der Waals surface area contributed by atoms with Gasteiger partial charge in [0.05, 0.1) is 21.2 Å². The Kier molecular flexibility index (Phi) is 9.34. The van der Waals surface area contributed by atoms with Gasteiger partial charge in [0, 0.05) is 36.7 Å². The van der Waals surface area contributed by atoms with Crippen molar-refractivity contribution in [3.8, 4) is 22.3 Å². The van der Waals surface area contributed by atoms with Crippen LogP contribution in [0.1, 0.15) is 22.5 Å². The predicted molar refractivity (Wildman–Crippen MR) is 175 cm³/mol. The quantitative estimate of drug-likeness (QED) is 0.0928. The van der Waals surface area contributed by atoms with Crippen LogP contribution in [0.4, 0.5) is 11.4 Å². The van der Waals surface area contributed by atoms with E-state index >= 15 is 0 Å². The molecule has 0 atom stereocenters. The maximum absolute atomic E-state index is 11.6. The molecule has 8 nitrogen and oxygen atoms in total. The third-order valence-electron chi connectivity index (χ3n) is 6.64. The number of rotatable bonds is 10. The van der Waals surface area contributed by atoms with Crippen molar-refractivity contribution >= 4 is 35.7 Å². The fraction of sp³-hybridized carbons (Fsp3) is 0. The van der Waals surface area contributed by atoms with Crippen molar-refractivity contribution in [1.29, 1.82) is 0 Å². The van der Waals surface area contributed by atoms with E-state index in [0.29, 0.717) is 11.1 Å². The Bertz CT molecular complexity index is 1770. The number of hydrogen-bond acceptors (Lipinski definition) is 6. The molecule has 3 aromatic carbocycles. The van der Waals surface area contributed by atoms with Crippen LogP contribution < -0.4 is 0 Å². The third kappa shape index (κ3) is 7.51. The molecule has 2 heterocycles. The Morgan fingerprint density at radius 2 is 0.932 bits per heavy atom. The maximum Gasteiger partial charge on any atom is 0.270 e. The van der Waals surface area contributed by atoms with Gasteiger partial charge in [0.15, 0.2) is 0 Å². The highest BCUT2D eigenvalue weighted by atomic mass is 16.6. The van der Waals surface area contributed by atoms with Crippen LogP contribution in [-0.4, -0.2) is 19.8 Å².